The van der Waals surface area contributed by atoms with Crippen molar-refractivity contribution in [3.8, 4) is 0 Å². The topological polar surface area (TPSA) is 46.2 Å². The third kappa shape index (κ3) is 3.66. The van der Waals surface area contributed by atoms with Gasteiger partial charge in [0.15, 0.2) is 0 Å². The third-order valence-corrected chi connectivity index (χ3v) is 3.25. The van der Waals surface area contributed by atoms with E-state index in [-0.39, 0.29) is 12.4 Å². The van der Waals surface area contributed by atoms with Gasteiger partial charge in [0, 0.05) is 5.02 Å². The molecule has 0 aromatic heterocycles. The second kappa shape index (κ2) is 6.90. The largest absolute Gasteiger partial charge is 0.391 e. The summed E-state index contributed by atoms with van der Waals surface area (Å²) < 4.78 is 0. The monoisotopic (exact) mass is 303 g/mol. The maximum atomic E-state index is 9.62. The van der Waals surface area contributed by atoms with Gasteiger partial charge in [-0.25, -0.2) is 0 Å². The molecular formula is C10H13Cl4NO. The average molecular weight is 305 g/mol. The molecule has 2 nitrogen and oxygen atoms in total. The van der Waals surface area contributed by atoms with Crippen molar-refractivity contribution in [2.45, 2.75) is 25.5 Å². The van der Waals surface area contributed by atoms with Crippen LogP contribution in [0, 0.1) is 0 Å². The molecule has 0 spiro atoms. The number of benzene rings is 1. The predicted octanol–water partition coefficient (Wildman–Crippen LogP) is 3.84. The van der Waals surface area contributed by atoms with E-state index in [1.54, 1.807) is 12.1 Å². The van der Waals surface area contributed by atoms with Gasteiger partial charge in [-0.2, -0.15) is 0 Å². The van der Waals surface area contributed by atoms with E-state index in [1.165, 1.54) is 0 Å². The van der Waals surface area contributed by atoms with Crippen molar-refractivity contribution in [2.24, 2.45) is 5.73 Å². The van der Waals surface area contributed by atoms with E-state index < -0.39 is 12.1 Å². The lowest BCUT2D eigenvalue weighted by atomic mass is 10.0. The molecule has 0 aliphatic rings. The summed E-state index contributed by atoms with van der Waals surface area (Å²) in [5.41, 5.74) is 6.41. The molecular weight excluding hydrogens is 292 g/mol. The molecule has 0 saturated carbocycles. The Hall–Kier alpha value is 0.300. The Morgan fingerprint density at radius 1 is 1.31 bits per heavy atom. The van der Waals surface area contributed by atoms with Crippen LogP contribution >= 0.6 is 47.2 Å². The predicted molar refractivity (Wildman–Crippen MR) is 71.9 cm³/mol. The van der Waals surface area contributed by atoms with E-state index in [0.29, 0.717) is 27.1 Å². The lowest BCUT2D eigenvalue weighted by Crippen LogP contribution is -2.25. The zero-order valence-corrected chi connectivity index (χ0v) is 11.7. The number of rotatable bonds is 3. The van der Waals surface area contributed by atoms with Crippen molar-refractivity contribution in [3.05, 3.63) is 32.8 Å². The van der Waals surface area contributed by atoms with Gasteiger partial charge in [-0.1, -0.05) is 41.7 Å². The van der Waals surface area contributed by atoms with E-state index in [9.17, 15) is 5.11 Å². The van der Waals surface area contributed by atoms with Crippen LogP contribution in [0.25, 0.3) is 0 Å². The Morgan fingerprint density at radius 2 is 1.88 bits per heavy atom. The summed E-state index contributed by atoms with van der Waals surface area (Å²) in [4.78, 5) is 0. The standard InChI is InChI=1S/C10H12Cl3NO.ClH/c1-2-8(15)10(14)6-3-5(11)4-7(12)9(6)13;/h3-4,8,10,15H,2,14H2,1H3;1H/t8-,10+;/m0./s1. The Labute approximate surface area is 116 Å². The number of nitrogens with two attached hydrogens (primary N) is 1. The van der Waals surface area contributed by atoms with E-state index in [1.807, 2.05) is 6.92 Å². The second-order valence-corrected chi connectivity index (χ2v) is 4.51. The first-order chi connectivity index (χ1) is 6.97. The molecule has 0 saturated heterocycles. The van der Waals surface area contributed by atoms with Crippen LogP contribution in [-0.2, 0) is 0 Å². The zero-order chi connectivity index (χ0) is 11.6. The Kier molecular flexibility index (Phi) is 7.03. The van der Waals surface area contributed by atoms with Gasteiger partial charge in [-0.3, -0.25) is 0 Å². The first kappa shape index (κ1) is 16.3. The molecule has 0 heterocycles. The molecule has 0 aliphatic heterocycles. The van der Waals surface area contributed by atoms with Crippen molar-refractivity contribution < 1.29 is 5.11 Å². The number of hydrogen-bond acceptors (Lipinski definition) is 2. The lowest BCUT2D eigenvalue weighted by molar-refractivity contribution is 0.141. The minimum Gasteiger partial charge on any atom is -0.391 e. The molecule has 3 N–H and O–H groups in total. The summed E-state index contributed by atoms with van der Waals surface area (Å²) in [7, 11) is 0. The first-order valence-corrected chi connectivity index (χ1v) is 5.68. The quantitative estimate of drug-likeness (QED) is 0.834. The minimum absolute atomic E-state index is 0. The SMILES string of the molecule is CC[C@H](O)[C@H](N)c1cc(Cl)cc(Cl)c1Cl.Cl. The number of aliphatic hydroxyl groups is 1. The number of hydrogen-bond donors (Lipinski definition) is 2. The van der Waals surface area contributed by atoms with Crippen LogP contribution in [0.15, 0.2) is 12.1 Å². The van der Waals surface area contributed by atoms with E-state index >= 15 is 0 Å². The summed E-state index contributed by atoms with van der Waals surface area (Å²) in [6.07, 6.45) is -0.112. The van der Waals surface area contributed by atoms with Gasteiger partial charge in [-0.05, 0) is 24.1 Å². The fourth-order valence-electron chi connectivity index (χ4n) is 1.28. The highest BCUT2D eigenvalue weighted by atomic mass is 35.5. The molecule has 2 atom stereocenters. The molecule has 0 fully saturated rings. The van der Waals surface area contributed by atoms with Crippen molar-refractivity contribution in [1.29, 1.82) is 0 Å². The molecule has 0 radical (unpaired) electrons. The van der Waals surface area contributed by atoms with Gasteiger partial charge in [0.25, 0.3) is 0 Å². The summed E-state index contributed by atoms with van der Waals surface area (Å²) >= 11 is 17.7. The Balaban J connectivity index is 0.00000225. The summed E-state index contributed by atoms with van der Waals surface area (Å²) in [6, 6.07) is 2.60. The van der Waals surface area contributed by atoms with Crippen LogP contribution in [0.2, 0.25) is 15.1 Å². The maximum absolute atomic E-state index is 9.62. The van der Waals surface area contributed by atoms with Gasteiger partial charge in [0.2, 0.25) is 0 Å². The summed E-state index contributed by atoms with van der Waals surface area (Å²) in [5.74, 6) is 0. The molecule has 1 aromatic carbocycles. The minimum atomic E-state index is -0.656. The van der Waals surface area contributed by atoms with Gasteiger partial charge < -0.3 is 10.8 Å². The zero-order valence-electron chi connectivity index (χ0n) is 8.58. The molecule has 1 aromatic rings. The molecule has 0 bridgehead atoms. The molecule has 92 valence electrons. The third-order valence-electron chi connectivity index (χ3n) is 2.21. The van der Waals surface area contributed by atoms with Crippen LogP contribution in [0.4, 0.5) is 0 Å². The van der Waals surface area contributed by atoms with E-state index in [2.05, 4.69) is 0 Å². The van der Waals surface area contributed by atoms with Crippen molar-refractivity contribution >= 4 is 47.2 Å². The van der Waals surface area contributed by atoms with Crippen LogP contribution in [0.1, 0.15) is 24.9 Å². The van der Waals surface area contributed by atoms with Gasteiger partial charge in [0.1, 0.15) is 0 Å². The van der Waals surface area contributed by atoms with Gasteiger partial charge in [-0.15, -0.1) is 12.4 Å². The lowest BCUT2D eigenvalue weighted by Gasteiger charge is -2.19. The van der Waals surface area contributed by atoms with Crippen molar-refractivity contribution in [2.75, 3.05) is 0 Å². The molecule has 16 heavy (non-hydrogen) atoms. The highest BCUT2D eigenvalue weighted by Crippen LogP contribution is 2.34. The fraction of sp³-hybridized carbons (Fsp3) is 0.400. The first-order valence-electron chi connectivity index (χ1n) is 4.55. The van der Waals surface area contributed by atoms with Crippen molar-refractivity contribution in [1.82, 2.24) is 0 Å². The average Bonchev–Trinajstić information content (AvgIpc) is 2.21. The van der Waals surface area contributed by atoms with Crippen molar-refractivity contribution in [3.63, 3.8) is 0 Å². The molecule has 0 aliphatic carbocycles. The number of aliphatic hydroxyl groups excluding tert-OH is 1. The number of halogens is 4. The molecule has 6 heteroatoms. The van der Waals surface area contributed by atoms with Gasteiger partial charge in [0.05, 0.1) is 22.2 Å². The molecule has 0 amide bonds. The summed E-state index contributed by atoms with van der Waals surface area (Å²) in [5, 5.41) is 10.8. The highest BCUT2D eigenvalue weighted by Gasteiger charge is 2.19. The van der Waals surface area contributed by atoms with Crippen LogP contribution < -0.4 is 5.73 Å². The van der Waals surface area contributed by atoms with Gasteiger partial charge >= 0.3 is 0 Å². The van der Waals surface area contributed by atoms with Crippen LogP contribution in [-0.4, -0.2) is 11.2 Å². The Bertz CT molecular complexity index is 359. The maximum Gasteiger partial charge on any atom is 0.0730 e. The second-order valence-electron chi connectivity index (χ2n) is 3.29. The fourth-order valence-corrected chi connectivity index (χ4v) is 2.02. The molecule has 1 rings (SSSR count). The highest BCUT2D eigenvalue weighted by molar-refractivity contribution is 6.43. The van der Waals surface area contributed by atoms with E-state index in [0.717, 1.165) is 0 Å². The van der Waals surface area contributed by atoms with Crippen LogP contribution in [0.3, 0.4) is 0 Å². The Morgan fingerprint density at radius 3 is 2.38 bits per heavy atom. The smallest absolute Gasteiger partial charge is 0.0730 e. The van der Waals surface area contributed by atoms with E-state index in [4.69, 9.17) is 40.5 Å². The normalized spacial score (nSPS) is 14.1. The summed E-state index contributed by atoms with van der Waals surface area (Å²) in [6.45, 7) is 1.84. The van der Waals surface area contributed by atoms with Crippen LogP contribution in [0.5, 0.6) is 0 Å². The molecule has 0 unspecified atom stereocenters.